The van der Waals surface area contributed by atoms with E-state index in [1.807, 2.05) is 19.1 Å². The van der Waals surface area contributed by atoms with E-state index in [0.29, 0.717) is 22.8 Å². The molecule has 1 saturated heterocycles. The van der Waals surface area contributed by atoms with Crippen LogP contribution in [0, 0.1) is 6.92 Å². The Hall–Kier alpha value is -3.80. The number of Topliss-reactive ketones (excluding diaryl/α,β-unsaturated/α-hetero) is 1. The van der Waals surface area contributed by atoms with E-state index in [9.17, 15) is 14.7 Å². The maximum Gasteiger partial charge on any atom is 0.300 e. The van der Waals surface area contributed by atoms with E-state index in [2.05, 4.69) is 0 Å². The second kappa shape index (κ2) is 7.31. The Morgan fingerprint density at radius 3 is 2.31 bits per heavy atom. The topological polar surface area (TPSA) is 80.0 Å². The maximum atomic E-state index is 12.9. The molecule has 1 aliphatic rings. The second-order valence-corrected chi connectivity index (χ2v) is 6.75. The van der Waals surface area contributed by atoms with Crippen LogP contribution in [-0.2, 0) is 9.59 Å². The van der Waals surface area contributed by atoms with Crippen molar-refractivity contribution >= 4 is 23.1 Å². The first kappa shape index (κ1) is 18.6. The average molecular weight is 389 g/mol. The number of anilines is 1. The summed E-state index contributed by atoms with van der Waals surface area (Å²) >= 11 is 0. The number of aliphatic hydroxyl groups excluding tert-OH is 1. The highest BCUT2D eigenvalue weighted by atomic mass is 16.5. The minimum atomic E-state index is -0.875. The molecule has 0 bridgehead atoms. The van der Waals surface area contributed by atoms with Gasteiger partial charge in [0.2, 0.25) is 0 Å². The van der Waals surface area contributed by atoms with Crippen LogP contribution >= 0.6 is 0 Å². The third kappa shape index (κ3) is 3.18. The Labute approximate surface area is 167 Å². The van der Waals surface area contributed by atoms with Crippen molar-refractivity contribution in [1.29, 1.82) is 0 Å². The summed E-state index contributed by atoms with van der Waals surface area (Å²) < 4.78 is 10.7. The monoisotopic (exact) mass is 389 g/mol. The molecule has 0 aliphatic carbocycles. The number of amides is 1. The van der Waals surface area contributed by atoms with Crippen molar-refractivity contribution in [2.24, 2.45) is 0 Å². The summed E-state index contributed by atoms with van der Waals surface area (Å²) in [6, 6.07) is 16.3. The molecule has 29 heavy (non-hydrogen) atoms. The van der Waals surface area contributed by atoms with Gasteiger partial charge >= 0.3 is 0 Å². The van der Waals surface area contributed by atoms with Gasteiger partial charge in [-0.05, 0) is 43.3 Å². The molecule has 1 aromatic heterocycles. The number of nitrogens with zero attached hydrogens (tertiary/aromatic N) is 1. The molecule has 2 heterocycles. The van der Waals surface area contributed by atoms with Gasteiger partial charge in [0.15, 0.2) is 0 Å². The predicted octanol–water partition coefficient (Wildman–Crippen LogP) is 4.22. The number of hydrogen-bond donors (Lipinski definition) is 1. The van der Waals surface area contributed by atoms with E-state index in [-0.39, 0.29) is 11.3 Å². The molecule has 4 rings (SSSR count). The van der Waals surface area contributed by atoms with Crippen molar-refractivity contribution in [1.82, 2.24) is 0 Å². The van der Waals surface area contributed by atoms with Crippen molar-refractivity contribution < 1.29 is 23.8 Å². The highest BCUT2D eigenvalue weighted by Crippen LogP contribution is 2.42. The third-order valence-electron chi connectivity index (χ3n) is 4.93. The minimum absolute atomic E-state index is 0.00961. The van der Waals surface area contributed by atoms with E-state index in [1.165, 1.54) is 11.2 Å². The van der Waals surface area contributed by atoms with Crippen molar-refractivity contribution in [3.05, 3.63) is 89.4 Å². The van der Waals surface area contributed by atoms with E-state index < -0.39 is 17.7 Å². The number of carbonyl (C=O) groups excluding carboxylic acids is 2. The van der Waals surface area contributed by atoms with Crippen LogP contribution < -0.4 is 9.64 Å². The lowest BCUT2D eigenvalue weighted by Crippen LogP contribution is -2.29. The fourth-order valence-corrected chi connectivity index (χ4v) is 3.42. The van der Waals surface area contributed by atoms with Crippen molar-refractivity contribution in [3.8, 4) is 5.75 Å². The summed E-state index contributed by atoms with van der Waals surface area (Å²) in [5, 5.41) is 10.9. The molecule has 0 saturated carbocycles. The van der Waals surface area contributed by atoms with Crippen LogP contribution in [0.15, 0.2) is 76.9 Å². The number of aliphatic hydroxyl groups is 1. The van der Waals surface area contributed by atoms with E-state index >= 15 is 0 Å². The molecule has 6 heteroatoms. The van der Waals surface area contributed by atoms with E-state index in [4.69, 9.17) is 9.15 Å². The zero-order valence-corrected chi connectivity index (χ0v) is 16.0. The molecular weight excluding hydrogens is 370 g/mol. The van der Waals surface area contributed by atoms with Gasteiger partial charge in [-0.25, -0.2) is 0 Å². The Kier molecular flexibility index (Phi) is 4.68. The second-order valence-electron chi connectivity index (χ2n) is 6.75. The minimum Gasteiger partial charge on any atom is -0.507 e. The average Bonchev–Trinajstić information content (AvgIpc) is 3.35. The summed E-state index contributed by atoms with van der Waals surface area (Å²) in [7, 11) is 1.55. The molecule has 0 radical (unpaired) electrons. The van der Waals surface area contributed by atoms with Gasteiger partial charge in [-0.1, -0.05) is 29.8 Å². The SMILES string of the molecule is COc1ccc(N2C(=O)C(=O)/C(=C(\O)c3ccc(C)cc3)C2c2ccco2)cc1. The van der Waals surface area contributed by atoms with Crippen LogP contribution in [0.5, 0.6) is 5.75 Å². The molecule has 1 aliphatic heterocycles. The lowest BCUT2D eigenvalue weighted by molar-refractivity contribution is -0.132. The van der Waals surface area contributed by atoms with Gasteiger partial charge in [-0.3, -0.25) is 14.5 Å². The zero-order valence-electron chi connectivity index (χ0n) is 16.0. The largest absolute Gasteiger partial charge is 0.507 e. The molecule has 1 fully saturated rings. The van der Waals surface area contributed by atoms with E-state index in [0.717, 1.165) is 5.56 Å². The van der Waals surface area contributed by atoms with Gasteiger partial charge in [-0.15, -0.1) is 0 Å². The number of benzene rings is 2. The van der Waals surface area contributed by atoms with Crippen molar-refractivity contribution in [3.63, 3.8) is 0 Å². The molecular formula is C23H19NO5. The first-order valence-corrected chi connectivity index (χ1v) is 9.06. The summed E-state index contributed by atoms with van der Waals surface area (Å²) in [5.74, 6) is -0.723. The number of ketones is 1. The molecule has 1 unspecified atom stereocenters. The highest BCUT2D eigenvalue weighted by Gasteiger charge is 2.48. The van der Waals surface area contributed by atoms with Gasteiger partial charge in [0.25, 0.3) is 11.7 Å². The van der Waals surface area contributed by atoms with Crippen LogP contribution in [0.25, 0.3) is 5.76 Å². The number of hydrogen-bond acceptors (Lipinski definition) is 5. The molecule has 146 valence electrons. The quantitative estimate of drug-likeness (QED) is 0.410. The van der Waals surface area contributed by atoms with E-state index in [1.54, 1.807) is 55.6 Å². The van der Waals surface area contributed by atoms with Gasteiger partial charge in [0.05, 0.1) is 18.9 Å². The molecule has 0 spiro atoms. The van der Waals surface area contributed by atoms with Gasteiger partial charge in [0, 0.05) is 11.3 Å². The Morgan fingerprint density at radius 1 is 1.03 bits per heavy atom. The summed E-state index contributed by atoms with van der Waals surface area (Å²) in [5.41, 5.74) is 1.96. The number of carbonyl (C=O) groups is 2. The number of ether oxygens (including phenoxy) is 1. The van der Waals surface area contributed by atoms with Gasteiger partial charge in [0.1, 0.15) is 23.3 Å². The van der Waals surface area contributed by atoms with Crippen LogP contribution in [0.4, 0.5) is 5.69 Å². The molecule has 3 aromatic rings. The van der Waals surface area contributed by atoms with Crippen molar-refractivity contribution in [2.45, 2.75) is 13.0 Å². The maximum absolute atomic E-state index is 12.9. The fraction of sp³-hybridized carbons (Fsp3) is 0.130. The van der Waals surface area contributed by atoms with Crippen LogP contribution in [-0.4, -0.2) is 23.9 Å². The standard InChI is InChI=1S/C23H19NO5/c1-14-5-7-15(8-6-14)21(25)19-20(18-4-3-13-29-18)24(23(27)22(19)26)16-9-11-17(28-2)12-10-16/h3-13,20,25H,1-2H3/b21-19-. The first-order chi connectivity index (χ1) is 14.0. The zero-order chi connectivity index (χ0) is 20.5. The molecule has 1 amide bonds. The van der Waals surface area contributed by atoms with Crippen LogP contribution in [0.1, 0.15) is 22.9 Å². The van der Waals surface area contributed by atoms with Gasteiger partial charge in [-0.2, -0.15) is 0 Å². The smallest absolute Gasteiger partial charge is 0.300 e. The van der Waals surface area contributed by atoms with Crippen LogP contribution in [0.2, 0.25) is 0 Å². The molecule has 2 aromatic carbocycles. The number of rotatable bonds is 4. The normalized spacial score (nSPS) is 18.3. The third-order valence-corrected chi connectivity index (χ3v) is 4.93. The molecule has 1 atom stereocenters. The number of furan rings is 1. The highest BCUT2D eigenvalue weighted by molar-refractivity contribution is 6.51. The summed E-state index contributed by atoms with van der Waals surface area (Å²) in [6.45, 7) is 1.93. The van der Waals surface area contributed by atoms with Crippen molar-refractivity contribution in [2.75, 3.05) is 12.0 Å². The van der Waals surface area contributed by atoms with Crippen LogP contribution in [0.3, 0.4) is 0 Å². The lowest BCUT2D eigenvalue weighted by atomic mass is 9.98. The number of aryl methyl sites for hydroxylation is 1. The summed E-state index contributed by atoms with van der Waals surface area (Å²) in [6.07, 6.45) is 1.47. The predicted molar refractivity (Wildman–Crippen MR) is 108 cm³/mol. The first-order valence-electron chi connectivity index (χ1n) is 9.06. The summed E-state index contributed by atoms with van der Waals surface area (Å²) in [4.78, 5) is 27.2. The number of methoxy groups -OCH3 is 1. The molecule has 6 nitrogen and oxygen atoms in total. The molecule has 1 N–H and O–H groups in total. The Balaban J connectivity index is 1.88. The Bertz CT molecular complexity index is 1080. The fourth-order valence-electron chi connectivity index (χ4n) is 3.42. The Morgan fingerprint density at radius 2 is 1.72 bits per heavy atom. The lowest BCUT2D eigenvalue weighted by Gasteiger charge is -2.23. The van der Waals surface area contributed by atoms with Gasteiger partial charge < -0.3 is 14.3 Å².